The first kappa shape index (κ1) is 24.9. The monoisotopic (exact) mass is 469 g/mol. The Bertz CT molecular complexity index is 996. The van der Waals surface area contributed by atoms with E-state index in [1.54, 1.807) is 6.92 Å². The van der Waals surface area contributed by atoms with Gasteiger partial charge in [0.25, 0.3) is 0 Å². The zero-order valence-corrected chi connectivity index (χ0v) is 19.8. The van der Waals surface area contributed by atoms with Crippen LogP contribution in [0.1, 0.15) is 32.8 Å². The van der Waals surface area contributed by atoms with Gasteiger partial charge >= 0.3 is 0 Å². The fourth-order valence-electron chi connectivity index (χ4n) is 3.40. The van der Waals surface area contributed by atoms with Gasteiger partial charge < -0.3 is 10.2 Å². The molecule has 0 fully saturated rings. The predicted octanol–water partition coefficient (Wildman–Crippen LogP) is 4.19. The third-order valence-corrected chi connectivity index (χ3v) is 6.49. The molecule has 0 unspecified atom stereocenters. The fourth-order valence-corrected chi connectivity index (χ4v) is 4.78. The highest BCUT2D eigenvalue weighted by Gasteiger charge is 2.31. The number of amides is 1. The summed E-state index contributed by atoms with van der Waals surface area (Å²) in [6.07, 6.45) is 1.24. The molecule has 1 amide bonds. The molecule has 0 bridgehead atoms. The maximum absolute atomic E-state index is 13.6. The van der Waals surface area contributed by atoms with E-state index in [4.69, 9.17) is 11.6 Å². The number of sulfonamides is 1. The van der Waals surface area contributed by atoms with Gasteiger partial charge in [-0.1, -0.05) is 30.7 Å². The van der Waals surface area contributed by atoms with E-state index in [0.29, 0.717) is 0 Å². The van der Waals surface area contributed by atoms with Gasteiger partial charge in [-0.3, -0.25) is 9.10 Å². The summed E-state index contributed by atoms with van der Waals surface area (Å²) in [5.41, 5.74) is 2.14. The summed E-state index contributed by atoms with van der Waals surface area (Å²) in [5, 5.41) is 2.60. The molecule has 31 heavy (non-hydrogen) atoms. The van der Waals surface area contributed by atoms with Crippen LogP contribution in [-0.2, 0) is 21.4 Å². The molecule has 2 rings (SSSR count). The smallest absolute Gasteiger partial charge is 0.244 e. The number of nitrogens with one attached hydrogen (secondary N) is 1. The van der Waals surface area contributed by atoms with Gasteiger partial charge in [0.05, 0.1) is 17.0 Å². The van der Waals surface area contributed by atoms with Gasteiger partial charge in [0.1, 0.15) is 11.9 Å². The van der Waals surface area contributed by atoms with E-state index in [9.17, 15) is 17.6 Å². The highest BCUT2D eigenvalue weighted by molar-refractivity contribution is 7.92. The van der Waals surface area contributed by atoms with E-state index in [-0.39, 0.29) is 23.7 Å². The van der Waals surface area contributed by atoms with Crippen LogP contribution in [0.25, 0.3) is 0 Å². The summed E-state index contributed by atoms with van der Waals surface area (Å²) in [6.45, 7) is 7.95. The number of nitrogens with zero attached hydrogens (tertiary/aromatic N) is 2. The van der Waals surface area contributed by atoms with Crippen LogP contribution in [0.4, 0.5) is 15.8 Å². The van der Waals surface area contributed by atoms with Gasteiger partial charge in [-0.05, 0) is 56.2 Å². The molecule has 0 heterocycles. The fraction of sp³-hybridized carbons (Fsp3) is 0.409. The molecule has 1 N–H and O–H groups in total. The molecule has 2 aromatic rings. The first-order chi connectivity index (χ1) is 14.6. The predicted molar refractivity (Wildman–Crippen MR) is 125 cm³/mol. The van der Waals surface area contributed by atoms with Gasteiger partial charge in [0, 0.05) is 25.3 Å². The number of hydrogen-bond donors (Lipinski definition) is 1. The molecule has 170 valence electrons. The molecule has 1 atom stereocenters. The highest BCUT2D eigenvalue weighted by Crippen LogP contribution is 2.27. The maximum atomic E-state index is 13.6. The molecule has 0 aliphatic rings. The van der Waals surface area contributed by atoms with Crippen LogP contribution in [-0.4, -0.2) is 39.7 Å². The number of carbonyl (C=O) groups is 1. The zero-order chi connectivity index (χ0) is 23.2. The molecular formula is C22H29ClFN3O3S. The second kappa shape index (κ2) is 10.8. The van der Waals surface area contributed by atoms with Gasteiger partial charge in [0.15, 0.2) is 0 Å². The average Bonchev–Trinajstić information content (AvgIpc) is 2.73. The third kappa shape index (κ3) is 6.33. The zero-order valence-electron chi connectivity index (χ0n) is 18.2. The van der Waals surface area contributed by atoms with Crippen molar-refractivity contribution in [2.24, 2.45) is 0 Å². The Labute approximate surface area is 189 Å². The Hall–Kier alpha value is -2.32. The van der Waals surface area contributed by atoms with Crippen LogP contribution in [0.5, 0.6) is 0 Å². The Morgan fingerprint density at radius 2 is 1.65 bits per heavy atom. The van der Waals surface area contributed by atoms with Crippen LogP contribution < -0.4 is 14.5 Å². The van der Waals surface area contributed by atoms with E-state index in [1.165, 1.54) is 12.1 Å². The summed E-state index contributed by atoms with van der Waals surface area (Å²) in [5.74, 6) is -1.11. The van der Waals surface area contributed by atoms with Gasteiger partial charge in [-0.2, -0.15) is 0 Å². The molecular weight excluding hydrogens is 441 g/mol. The van der Waals surface area contributed by atoms with E-state index in [1.807, 2.05) is 24.3 Å². The lowest BCUT2D eigenvalue weighted by atomic mass is 10.1. The molecule has 0 aliphatic carbocycles. The first-order valence-electron chi connectivity index (χ1n) is 10.2. The maximum Gasteiger partial charge on any atom is 0.244 e. The van der Waals surface area contributed by atoms with E-state index >= 15 is 0 Å². The number of anilines is 2. The number of halogens is 2. The quantitative estimate of drug-likeness (QED) is 0.566. The second-order valence-corrected chi connectivity index (χ2v) is 9.40. The highest BCUT2D eigenvalue weighted by atomic mass is 35.5. The largest absolute Gasteiger partial charge is 0.372 e. The van der Waals surface area contributed by atoms with E-state index in [2.05, 4.69) is 24.1 Å². The van der Waals surface area contributed by atoms with Crippen LogP contribution in [0.2, 0.25) is 5.02 Å². The Morgan fingerprint density at radius 3 is 2.13 bits per heavy atom. The summed E-state index contributed by atoms with van der Waals surface area (Å²) < 4.78 is 39.5. The van der Waals surface area contributed by atoms with E-state index in [0.717, 1.165) is 41.0 Å². The van der Waals surface area contributed by atoms with Crippen LogP contribution in [0.3, 0.4) is 0 Å². The first-order valence-corrected chi connectivity index (χ1v) is 12.4. The summed E-state index contributed by atoms with van der Waals surface area (Å²) in [6, 6.07) is 10.4. The van der Waals surface area contributed by atoms with Gasteiger partial charge in [-0.15, -0.1) is 0 Å². The molecule has 0 aromatic heterocycles. The Balaban J connectivity index is 2.19. The minimum atomic E-state index is -3.82. The minimum Gasteiger partial charge on any atom is -0.372 e. The van der Waals surface area contributed by atoms with Gasteiger partial charge in [-0.25, -0.2) is 12.8 Å². The van der Waals surface area contributed by atoms with Crippen LogP contribution in [0.15, 0.2) is 42.5 Å². The van der Waals surface area contributed by atoms with Crippen molar-refractivity contribution in [3.8, 4) is 0 Å². The standard InChI is InChI=1S/C22H29ClFN3O3S/c1-5-21(27(31(4,29)30)18-12-13-20(24)19(23)14-18)22(28)25-15-16-8-10-17(11-9-16)26(6-2)7-3/h8-14,21H,5-7,15H2,1-4H3,(H,25,28)/t21-/m1/s1. The van der Waals surface area contributed by atoms with Crippen LogP contribution >= 0.6 is 11.6 Å². The lowest BCUT2D eigenvalue weighted by Crippen LogP contribution is -2.49. The molecule has 0 spiro atoms. The lowest BCUT2D eigenvalue weighted by Gasteiger charge is -2.30. The summed E-state index contributed by atoms with van der Waals surface area (Å²) in [7, 11) is -3.82. The molecule has 2 aromatic carbocycles. The topological polar surface area (TPSA) is 69.7 Å². The molecule has 0 aliphatic heterocycles. The number of carbonyl (C=O) groups excluding carboxylic acids is 1. The van der Waals surface area contributed by atoms with Crippen molar-refractivity contribution in [1.29, 1.82) is 0 Å². The van der Waals surface area contributed by atoms with Crippen LogP contribution in [0, 0.1) is 5.82 Å². The average molecular weight is 470 g/mol. The Kier molecular flexibility index (Phi) is 8.70. The third-order valence-electron chi connectivity index (χ3n) is 5.02. The van der Waals surface area contributed by atoms with Crippen molar-refractivity contribution in [3.63, 3.8) is 0 Å². The molecule has 0 radical (unpaired) electrons. The SMILES string of the molecule is CC[C@H](C(=O)NCc1ccc(N(CC)CC)cc1)N(c1ccc(F)c(Cl)c1)S(C)(=O)=O. The second-order valence-electron chi connectivity index (χ2n) is 7.14. The summed E-state index contributed by atoms with van der Waals surface area (Å²) >= 11 is 5.83. The van der Waals surface area contributed by atoms with E-state index < -0.39 is 27.8 Å². The Morgan fingerprint density at radius 1 is 1.06 bits per heavy atom. The van der Waals surface area contributed by atoms with Crippen molar-refractivity contribution in [1.82, 2.24) is 5.32 Å². The van der Waals surface area contributed by atoms with Gasteiger partial charge in [0.2, 0.25) is 15.9 Å². The molecule has 6 nitrogen and oxygen atoms in total. The normalized spacial score (nSPS) is 12.3. The molecule has 0 saturated carbocycles. The summed E-state index contributed by atoms with van der Waals surface area (Å²) in [4.78, 5) is 15.1. The number of rotatable bonds is 10. The van der Waals surface area contributed by atoms with Crippen molar-refractivity contribution in [2.75, 3.05) is 28.6 Å². The minimum absolute atomic E-state index is 0.138. The lowest BCUT2D eigenvalue weighted by molar-refractivity contribution is -0.122. The van der Waals surface area contributed by atoms with Crippen molar-refractivity contribution >= 4 is 38.9 Å². The van der Waals surface area contributed by atoms with Crippen molar-refractivity contribution < 1.29 is 17.6 Å². The number of benzene rings is 2. The van der Waals surface area contributed by atoms with Crippen molar-refractivity contribution in [2.45, 2.75) is 39.8 Å². The molecule has 9 heteroatoms. The van der Waals surface area contributed by atoms with Crippen molar-refractivity contribution in [3.05, 3.63) is 58.9 Å². The number of hydrogen-bond acceptors (Lipinski definition) is 4. The molecule has 0 saturated heterocycles.